The highest BCUT2D eigenvalue weighted by Crippen LogP contribution is 2.36. The number of aryl methyl sites for hydroxylation is 1. The summed E-state index contributed by atoms with van der Waals surface area (Å²) >= 11 is 0. The number of ketones is 1. The van der Waals surface area contributed by atoms with Gasteiger partial charge in [-0.2, -0.15) is 0 Å². The summed E-state index contributed by atoms with van der Waals surface area (Å²) in [4.78, 5) is 25.8. The first-order chi connectivity index (χ1) is 14.5. The predicted octanol–water partition coefficient (Wildman–Crippen LogP) is 4.69. The van der Waals surface area contributed by atoms with Gasteiger partial charge in [-0.1, -0.05) is 66.2 Å². The topological polar surface area (TPSA) is 72.8 Å². The molecule has 0 spiro atoms. The van der Waals surface area contributed by atoms with E-state index in [9.17, 15) is 14.7 Å². The van der Waals surface area contributed by atoms with E-state index >= 15 is 0 Å². The molecule has 0 amide bonds. The molecule has 0 aliphatic carbocycles. The molecule has 5 heteroatoms. The number of fused-ring (bicyclic) bond motifs is 1. The fourth-order valence-corrected chi connectivity index (χ4v) is 3.44. The maximum Gasteiger partial charge on any atom is 0.336 e. The van der Waals surface area contributed by atoms with E-state index in [0.717, 1.165) is 11.1 Å². The molecule has 3 aromatic rings. The molecule has 0 aromatic heterocycles. The number of allylic oxidation sites excluding steroid dienone is 1. The highest BCUT2D eigenvalue weighted by molar-refractivity contribution is 6.26. The lowest BCUT2D eigenvalue weighted by atomic mass is 9.89. The molecule has 1 N–H and O–H groups in total. The Balaban J connectivity index is 1.88. The normalized spacial score (nSPS) is 13.0. The molecule has 0 atom stereocenters. The van der Waals surface area contributed by atoms with Crippen LogP contribution in [-0.4, -0.2) is 23.7 Å². The third-order valence-electron chi connectivity index (χ3n) is 4.99. The number of carbonyl (C=O) groups excluding carboxylic acids is 1. The van der Waals surface area contributed by atoms with Crippen LogP contribution >= 0.6 is 0 Å². The molecule has 0 saturated heterocycles. The molecule has 3 aromatic carbocycles. The average molecular weight is 400 g/mol. The number of rotatable bonds is 6. The summed E-state index contributed by atoms with van der Waals surface area (Å²) < 4.78 is 10.7. The second-order valence-electron chi connectivity index (χ2n) is 7.08. The predicted molar refractivity (Wildman–Crippen MR) is 113 cm³/mol. The summed E-state index contributed by atoms with van der Waals surface area (Å²) in [5, 5.41) is 10.1. The van der Waals surface area contributed by atoms with Crippen LogP contribution in [0.25, 0.3) is 5.57 Å². The number of hydrogen-bond acceptors (Lipinski definition) is 4. The second-order valence-corrected chi connectivity index (χ2v) is 7.08. The maximum absolute atomic E-state index is 13.4. The van der Waals surface area contributed by atoms with Crippen LogP contribution in [-0.2, 0) is 11.2 Å². The first-order valence-corrected chi connectivity index (χ1v) is 9.54. The van der Waals surface area contributed by atoms with Gasteiger partial charge in [0.25, 0.3) is 0 Å². The summed E-state index contributed by atoms with van der Waals surface area (Å²) in [6.07, 6.45) is 0.198. The minimum atomic E-state index is -1.17. The molecule has 5 nitrogen and oxygen atoms in total. The van der Waals surface area contributed by atoms with E-state index in [1.807, 2.05) is 49.4 Å². The molecule has 1 heterocycles. The SMILES string of the molecule is Cc1ccc(C(=O)/C(Cc2ccccc2)=C(\C(=O)O)c2ccc3c(c2)OCO3)cc1. The van der Waals surface area contributed by atoms with E-state index in [2.05, 4.69) is 0 Å². The molecule has 0 unspecified atom stereocenters. The molecule has 150 valence electrons. The largest absolute Gasteiger partial charge is 0.478 e. The fourth-order valence-electron chi connectivity index (χ4n) is 3.44. The van der Waals surface area contributed by atoms with Crippen LogP contribution in [0.4, 0.5) is 0 Å². The van der Waals surface area contributed by atoms with Gasteiger partial charge in [0.15, 0.2) is 17.3 Å². The van der Waals surface area contributed by atoms with Gasteiger partial charge in [0.05, 0.1) is 5.57 Å². The molecular weight excluding hydrogens is 380 g/mol. The fraction of sp³-hybridized carbons (Fsp3) is 0.120. The van der Waals surface area contributed by atoms with Gasteiger partial charge in [0.1, 0.15) is 0 Å². The first-order valence-electron chi connectivity index (χ1n) is 9.54. The number of ether oxygens (including phenoxy) is 2. The Kier molecular flexibility index (Phi) is 5.35. The van der Waals surface area contributed by atoms with Crippen LogP contribution < -0.4 is 9.47 Å². The van der Waals surface area contributed by atoms with Crippen LogP contribution in [0, 0.1) is 6.92 Å². The standard InChI is InChI=1S/C25H20O5/c1-16-7-9-18(10-8-16)24(26)20(13-17-5-3-2-4-6-17)23(25(27)28)19-11-12-21-22(14-19)30-15-29-21/h2-12,14H,13,15H2,1H3,(H,27,28)/b23-20-. The number of carbonyl (C=O) groups is 2. The van der Waals surface area contributed by atoms with E-state index in [-0.39, 0.29) is 30.1 Å². The number of benzene rings is 3. The van der Waals surface area contributed by atoms with Crippen molar-refractivity contribution in [3.05, 3.63) is 101 Å². The molecule has 0 saturated carbocycles. The van der Waals surface area contributed by atoms with Gasteiger partial charge in [0, 0.05) is 17.6 Å². The van der Waals surface area contributed by atoms with Crippen molar-refractivity contribution in [2.24, 2.45) is 0 Å². The van der Waals surface area contributed by atoms with Crippen molar-refractivity contribution < 1.29 is 24.2 Å². The lowest BCUT2D eigenvalue weighted by Gasteiger charge is -2.14. The summed E-state index contributed by atoms with van der Waals surface area (Å²) in [6, 6.07) is 21.4. The Hall–Kier alpha value is -3.86. The molecule has 30 heavy (non-hydrogen) atoms. The quantitative estimate of drug-likeness (QED) is 0.480. The van der Waals surface area contributed by atoms with Gasteiger partial charge < -0.3 is 14.6 Å². The Morgan fingerprint density at radius 3 is 2.23 bits per heavy atom. The highest BCUT2D eigenvalue weighted by Gasteiger charge is 2.25. The van der Waals surface area contributed by atoms with Crippen LogP contribution in [0.1, 0.15) is 27.0 Å². The van der Waals surface area contributed by atoms with Crippen molar-refractivity contribution in [2.75, 3.05) is 6.79 Å². The molecule has 0 fully saturated rings. The van der Waals surface area contributed by atoms with Crippen molar-refractivity contribution in [3.8, 4) is 11.5 Å². The van der Waals surface area contributed by atoms with Gasteiger partial charge in [-0.15, -0.1) is 0 Å². The van der Waals surface area contributed by atoms with Crippen LogP contribution in [0.5, 0.6) is 11.5 Å². The van der Waals surface area contributed by atoms with E-state index in [1.165, 1.54) is 0 Å². The van der Waals surface area contributed by atoms with Gasteiger partial charge >= 0.3 is 5.97 Å². The third-order valence-corrected chi connectivity index (χ3v) is 4.99. The number of carboxylic acids is 1. The second kappa shape index (κ2) is 8.25. The van der Waals surface area contributed by atoms with Gasteiger partial charge in [-0.05, 0) is 30.2 Å². The summed E-state index contributed by atoms with van der Waals surface area (Å²) in [5.41, 5.74) is 2.91. The van der Waals surface area contributed by atoms with Crippen molar-refractivity contribution in [1.29, 1.82) is 0 Å². The number of carboxylic acid groups (broad SMARTS) is 1. The highest BCUT2D eigenvalue weighted by atomic mass is 16.7. The minimum Gasteiger partial charge on any atom is -0.478 e. The van der Waals surface area contributed by atoms with E-state index < -0.39 is 5.97 Å². The maximum atomic E-state index is 13.4. The lowest BCUT2D eigenvalue weighted by molar-refractivity contribution is -0.130. The van der Waals surface area contributed by atoms with Crippen molar-refractivity contribution in [1.82, 2.24) is 0 Å². The molecule has 0 bridgehead atoms. The van der Waals surface area contributed by atoms with Gasteiger partial charge in [-0.25, -0.2) is 4.79 Å². The number of Topliss-reactive ketones (excluding diaryl/α,β-unsaturated/α-hetero) is 1. The molecular formula is C25H20O5. The minimum absolute atomic E-state index is 0.0391. The molecule has 1 aliphatic rings. The van der Waals surface area contributed by atoms with Crippen molar-refractivity contribution in [3.63, 3.8) is 0 Å². The first kappa shape index (κ1) is 19.5. The van der Waals surface area contributed by atoms with Crippen LogP contribution in [0.2, 0.25) is 0 Å². The monoisotopic (exact) mass is 400 g/mol. The van der Waals surface area contributed by atoms with Gasteiger partial charge in [-0.3, -0.25) is 4.79 Å². The van der Waals surface area contributed by atoms with Crippen LogP contribution in [0.15, 0.2) is 78.4 Å². The molecule has 0 radical (unpaired) electrons. The van der Waals surface area contributed by atoms with E-state index in [1.54, 1.807) is 30.3 Å². The Morgan fingerprint density at radius 2 is 1.53 bits per heavy atom. The zero-order valence-corrected chi connectivity index (χ0v) is 16.4. The third kappa shape index (κ3) is 3.96. The smallest absolute Gasteiger partial charge is 0.336 e. The zero-order chi connectivity index (χ0) is 21.1. The average Bonchev–Trinajstić information content (AvgIpc) is 3.22. The summed E-state index contributed by atoms with van der Waals surface area (Å²) in [5.74, 6) is -0.458. The summed E-state index contributed by atoms with van der Waals surface area (Å²) in [7, 11) is 0. The van der Waals surface area contributed by atoms with Crippen molar-refractivity contribution >= 4 is 17.3 Å². The molecule has 4 rings (SSSR count). The summed E-state index contributed by atoms with van der Waals surface area (Å²) in [6.45, 7) is 2.02. The van der Waals surface area contributed by atoms with Crippen LogP contribution in [0.3, 0.4) is 0 Å². The number of aliphatic carboxylic acids is 1. The Labute approximate surface area is 174 Å². The lowest BCUT2D eigenvalue weighted by Crippen LogP contribution is -2.14. The van der Waals surface area contributed by atoms with E-state index in [0.29, 0.717) is 22.6 Å². The molecule has 1 aliphatic heterocycles. The van der Waals surface area contributed by atoms with Crippen molar-refractivity contribution in [2.45, 2.75) is 13.3 Å². The van der Waals surface area contributed by atoms with E-state index in [4.69, 9.17) is 9.47 Å². The Bertz CT molecular complexity index is 1130. The van der Waals surface area contributed by atoms with Gasteiger partial charge in [0.2, 0.25) is 6.79 Å². The Morgan fingerprint density at radius 1 is 0.867 bits per heavy atom. The zero-order valence-electron chi connectivity index (χ0n) is 16.4. The number of hydrogen-bond donors (Lipinski definition) is 1.